The monoisotopic (exact) mass is 482 g/mol. The van der Waals surface area contributed by atoms with Crippen molar-refractivity contribution >= 4 is 35.3 Å². The lowest BCUT2D eigenvalue weighted by molar-refractivity contribution is -0.202. The molecule has 0 saturated carbocycles. The van der Waals surface area contributed by atoms with E-state index in [1.165, 1.54) is 37.1 Å². The second-order valence-corrected chi connectivity index (χ2v) is 7.22. The summed E-state index contributed by atoms with van der Waals surface area (Å²) in [6, 6.07) is 3.22. The molecular formula is C21H21F3N4O6. The lowest BCUT2D eigenvalue weighted by Crippen LogP contribution is -2.44. The van der Waals surface area contributed by atoms with Crippen LogP contribution in [0.15, 0.2) is 18.2 Å². The van der Waals surface area contributed by atoms with Crippen LogP contribution in [-0.4, -0.2) is 73.5 Å². The van der Waals surface area contributed by atoms with Crippen LogP contribution in [0.25, 0.3) is 0 Å². The zero-order valence-corrected chi connectivity index (χ0v) is 18.2. The van der Waals surface area contributed by atoms with Crippen LogP contribution < -0.4 is 16.0 Å². The van der Waals surface area contributed by atoms with Gasteiger partial charge in [-0.1, -0.05) is 5.92 Å². The maximum Gasteiger partial charge on any atom is 0.491 e. The third-order valence-corrected chi connectivity index (χ3v) is 4.71. The third-order valence-electron chi connectivity index (χ3n) is 4.71. The minimum atomic E-state index is -5.35. The number of carbonyl (C=O) groups is 5. The van der Waals surface area contributed by atoms with Crippen molar-refractivity contribution in [3.63, 3.8) is 0 Å². The molecule has 3 amide bonds. The van der Waals surface area contributed by atoms with Crippen LogP contribution in [0.3, 0.4) is 0 Å². The normalized spacial score (nSPS) is 14.4. The van der Waals surface area contributed by atoms with Gasteiger partial charge in [0.1, 0.15) is 6.54 Å². The zero-order chi connectivity index (χ0) is 25.6. The Balaban J connectivity index is 2.28. The fourth-order valence-corrected chi connectivity index (χ4v) is 2.96. The first-order valence-corrected chi connectivity index (χ1v) is 9.88. The number of hydrogen-bond acceptors (Lipinski definition) is 7. The Hall–Kier alpha value is -3.92. The third kappa shape index (κ3) is 6.55. The summed E-state index contributed by atoms with van der Waals surface area (Å²) in [6.07, 6.45) is -6.12. The number of nitrogens with one attached hydrogen (secondary N) is 1. The van der Waals surface area contributed by atoms with E-state index in [1.54, 1.807) is 0 Å². The first-order valence-electron chi connectivity index (χ1n) is 9.88. The summed E-state index contributed by atoms with van der Waals surface area (Å²) in [5.74, 6) is -1.07. The first-order chi connectivity index (χ1) is 15.8. The lowest BCUT2D eigenvalue weighted by atomic mass is 10.1. The standard InChI is InChI=1S/C21H21F3N4O6/c1-12(9-18(31)34-20(33)21(22,23)24)28-11-17(30)27(2)15-5-3-13(10-14(15)19(28)32)4-6-16(29)26-8-7-25/h3,5,10,12H,7-9,11,25H2,1-2H3,(H,26,29). The van der Waals surface area contributed by atoms with Crippen LogP contribution >= 0.6 is 0 Å². The van der Waals surface area contributed by atoms with Crippen molar-refractivity contribution in [2.45, 2.75) is 25.6 Å². The minimum Gasteiger partial charge on any atom is -0.386 e. The molecule has 182 valence electrons. The van der Waals surface area contributed by atoms with E-state index in [1.807, 2.05) is 0 Å². The first kappa shape index (κ1) is 26.3. The molecule has 10 nitrogen and oxygen atoms in total. The van der Waals surface area contributed by atoms with Gasteiger partial charge in [-0.25, -0.2) is 4.79 Å². The molecule has 0 saturated heterocycles. The van der Waals surface area contributed by atoms with Gasteiger partial charge in [0, 0.05) is 37.7 Å². The summed E-state index contributed by atoms with van der Waals surface area (Å²) in [6.45, 7) is 1.30. The molecule has 1 unspecified atom stereocenters. The number of halogens is 3. The van der Waals surface area contributed by atoms with Gasteiger partial charge in [-0.15, -0.1) is 0 Å². The number of ether oxygens (including phenoxy) is 1. The topological polar surface area (TPSA) is 139 Å². The molecule has 0 radical (unpaired) electrons. The van der Waals surface area contributed by atoms with E-state index in [9.17, 15) is 37.1 Å². The van der Waals surface area contributed by atoms with Crippen molar-refractivity contribution in [3.05, 3.63) is 29.3 Å². The van der Waals surface area contributed by atoms with Crippen LogP contribution in [0.1, 0.15) is 29.3 Å². The molecule has 1 aliphatic heterocycles. The van der Waals surface area contributed by atoms with E-state index in [2.05, 4.69) is 21.9 Å². The summed E-state index contributed by atoms with van der Waals surface area (Å²) >= 11 is 0. The Morgan fingerprint density at radius 1 is 1.26 bits per heavy atom. The SMILES string of the molecule is CC(CC(=O)OC(=O)C(F)(F)F)N1CC(=O)N(C)c2ccc(C#CC(=O)NCCN)cc2C1=O. The molecule has 1 aliphatic rings. The number of fused-ring (bicyclic) bond motifs is 1. The summed E-state index contributed by atoms with van der Waals surface area (Å²) in [5, 5.41) is 2.46. The van der Waals surface area contributed by atoms with E-state index in [0.717, 1.165) is 4.90 Å². The van der Waals surface area contributed by atoms with Crippen LogP contribution in [0, 0.1) is 11.8 Å². The number of hydrogen-bond donors (Lipinski definition) is 2. The average molecular weight is 482 g/mol. The van der Waals surface area contributed by atoms with E-state index < -0.39 is 54.8 Å². The van der Waals surface area contributed by atoms with Crippen LogP contribution in [0.4, 0.5) is 18.9 Å². The van der Waals surface area contributed by atoms with Gasteiger partial charge in [0.15, 0.2) is 0 Å². The van der Waals surface area contributed by atoms with Crippen LogP contribution in [0.2, 0.25) is 0 Å². The second kappa shape index (κ2) is 10.8. The fourth-order valence-electron chi connectivity index (χ4n) is 2.96. The van der Waals surface area contributed by atoms with E-state index in [0.29, 0.717) is 0 Å². The average Bonchev–Trinajstić information content (AvgIpc) is 2.85. The Morgan fingerprint density at radius 2 is 1.94 bits per heavy atom. The summed E-state index contributed by atoms with van der Waals surface area (Å²) in [7, 11) is 1.42. The molecule has 0 aliphatic carbocycles. The zero-order valence-electron chi connectivity index (χ0n) is 18.2. The van der Waals surface area contributed by atoms with E-state index in [-0.39, 0.29) is 29.9 Å². The van der Waals surface area contributed by atoms with Gasteiger partial charge >= 0.3 is 18.1 Å². The number of esters is 2. The number of carbonyl (C=O) groups excluding carboxylic acids is 5. The Morgan fingerprint density at radius 3 is 2.56 bits per heavy atom. The molecule has 0 aromatic heterocycles. The van der Waals surface area contributed by atoms with Gasteiger partial charge in [0.2, 0.25) is 5.91 Å². The van der Waals surface area contributed by atoms with Gasteiger partial charge in [-0.3, -0.25) is 19.2 Å². The van der Waals surface area contributed by atoms with E-state index in [4.69, 9.17) is 5.73 Å². The molecule has 34 heavy (non-hydrogen) atoms. The number of alkyl halides is 3. The number of nitrogens with zero attached hydrogens (tertiary/aromatic N) is 2. The molecule has 1 aromatic rings. The van der Waals surface area contributed by atoms with Crippen molar-refractivity contribution in [1.29, 1.82) is 0 Å². The quantitative estimate of drug-likeness (QED) is 0.341. The van der Waals surface area contributed by atoms with Gasteiger partial charge in [0.05, 0.1) is 17.7 Å². The van der Waals surface area contributed by atoms with Crippen LogP contribution in [0.5, 0.6) is 0 Å². The second-order valence-electron chi connectivity index (χ2n) is 7.22. The largest absolute Gasteiger partial charge is 0.491 e. The maximum absolute atomic E-state index is 13.2. The molecule has 0 fully saturated rings. The fraction of sp³-hybridized carbons (Fsp3) is 0.381. The predicted octanol–water partition coefficient (Wildman–Crippen LogP) is -0.0577. The highest BCUT2D eigenvalue weighted by Gasteiger charge is 2.43. The van der Waals surface area contributed by atoms with Gasteiger partial charge in [-0.05, 0) is 25.1 Å². The molecule has 3 N–H and O–H groups in total. The van der Waals surface area contributed by atoms with Gasteiger partial charge in [-0.2, -0.15) is 13.2 Å². The minimum absolute atomic E-state index is 0.0223. The van der Waals surface area contributed by atoms with Crippen molar-refractivity contribution < 1.29 is 41.9 Å². The molecule has 1 atom stereocenters. The molecule has 13 heteroatoms. The number of benzene rings is 1. The molecule has 0 bridgehead atoms. The van der Waals surface area contributed by atoms with Gasteiger partial charge in [0.25, 0.3) is 11.8 Å². The molecule has 1 aromatic carbocycles. The molecular weight excluding hydrogens is 461 g/mol. The highest BCUT2D eigenvalue weighted by atomic mass is 19.4. The summed E-state index contributed by atoms with van der Waals surface area (Å²) in [5.41, 5.74) is 5.83. The van der Waals surface area contributed by atoms with Crippen LogP contribution in [-0.2, 0) is 23.9 Å². The van der Waals surface area contributed by atoms with Crippen molar-refractivity contribution in [2.75, 3.05) is 31.6 Å². The lowest BCUT2D eigenvalue weighted by Gasteiger charge is -2.26. The molecule has 2 rings (SSSR count). The number of likely N-dealkylation sites (N-methyl/N-ethyl adjacent to an activating group) is 1. The number of anilines is 1. The van der Waals surface area contributed by atoms with Crippen molar-refractivity contribution in [3.8, 4) is 11.8 Å². The molecule has 1 heterocycles. The smallest absolute Gasteiger partial charge is 0.386 e. The van der Waals surface area contributed by atoms with E-state index >= 15 is 0 Å². The van der Waals surface area contributed by atoms with Crippen molar-refractivity contribution in [1.82, 2.24) is 10.2 Å². The number of rotatable bonds is 5. The molecule has 0 spiro atoms. The van der Waals surface area contributed by atoms with Gasteiger partial charge < -0.3 is 25.6 Å². The predicted molar refractivity (Wildman–Crippen MR) is 111 cm³/mol. The highest BCUT2D eigenvalue weighted by Crippen LogP contribution is 2.27. The maximum atomic E-state index is 13.2. The summed E-state index contributed by atoms with van der Waals surface area (Å²) < 4.78 is 40.7. The number of nitrogens with two attached hydrogens (primary N) is 1. The number of amides is 3. The Labute approximate surface area is 192 Å². The summed E-state index contributed by atoms with van der Waals surface area (Å²) in [4.78, 5) is 62.2. The Bertz CT molecular complexity index is 1080. The highest BCUT2D eigenvalue weighted by molar-refractivity contribution is 6.10. The van der Waals surface area contributed by atoms with Crippen molar-refractivity contribution in [2.24, 2.45) is 5.73 Å². The Kier molecular flexibility index (Phi) is 8.36.